The molecule has 0 spiro atoms. The Kier molecular flexibility index (Phi) is 5.60. The SMILES string of the molecule is C[C@@H](NC(=O)C1CC(=O)N(c2ccc3c(c2)OCCO3)C1)C(=O)NC1CCCC1. The third kappa shape index (κ3) is 4.31. The van der Waals surface area contributed by atoms with E-state index in [0.29, 0.717) is 30.4 Å². The molecule has 3 aliphatic rings. The Morgan fingerprint density at radius 2 is 1.86 bits per heavy atom. The fourth-order valence-corrected chi connectivity index (χ4v) is 4.13. The lowest BCUT2D eigenvalue weighted by Gasteiger charge is -2.22. The number of benzene rings is 1. The van der Waals surface area contributed by atoms with E-state index < -0.39 is 12.0 Å². The molecule has 3 amide bonds. The average molecular weight is 401 g/mol. The van der Waals surface area contributed by atoms with Gasteiger partial charge >= 0.3 is 0 Å². The number of hydrogen-bond donors (Lipinski definition) is 2. The lowest BCUT2D eigenvalue weighted by Crippen LogP contribution is -2.49. The number of amides is 3. The van der Waals surface area contributed by atoms with Crippen molar-refractivity contribution in [2.24, 2.45) is 5.92 Å². The second-order valence-electron chi connectivity index (χ2n) is 7.95. The molecule has 8 heteroatoms. The number of nitrogens with one attached hydrogen (secondary N) is 2. The van der Waals surface area contributed by atoms with Crippen molar-refractivity contribution in [2.75, 3.05) is 24.7 Å². The third-order valence-electron chi connectivity index (χ3n) is 5.79. The summed E-state index contributed by atoms with van der Waals surface area (Å²) in [5, 5.41) is 5.75. The van der Waals surface area contributed by atoms with Gasteiger partial charge in [0.05, 0.1) is 5.92 Å². The van der Waals surface area contributed by atoms with Gasteiger partial charge in [-0.25, -0.2) is 0 Å². The molecule has 29 heavy (non-hydrogen) atoms. The highest BCUT2D eigenvalue weighted by atomic mass is 16.6. The van der Waals surface area contributed by atoms with Crippen LogP contribution in [0.3, 0.4) is 0 Å². The highest BCUT2D eigenvalue weighted by Crippen LogP contribution is 2.36. The van der Waals surface area contributed by atoms with Gasteiger partial charge in [-0.15, -0.1) is 0 Å². The molecule has 2 atom stereocenters. The molecule has 1 aromatic rings. The second-order valence-corrected chi connectivity index (χ2v) is 7.95. The lowest BCUT2D eigenvalue weighted by molar-refractivity contribution is -0.131. The number of carbonyl (C=O) groups is 3. The maximum Gasteiger partial charge on any atom is 0.242 e. The minimum atomic E-state index is -0.624. The molecule has 0 radical (unpaired) electrons. The summed E-state index contributed by atoms with van der Waals surface area (Å²) >= 11 is 0. The lowest BCUT2D eigenvalue weighted by atomic mass is 10.1. The monoisotopic (exact) mass is 401 g/mol. The van der Waals surface area contributed by atoms with E-state index in [4.69, 9.17) is 9.47 Å². The first kappa shape index (κ1) is 19.5. The van der Waals surface area contributed by atoms with Gasteiger partial charge in [0, 0.05) is 30.8 Å². The molecule has 2 fully saturated rings. The standard InChI is InChI=1S/C21H27N3O5/c1-13(20(26)23-15-4-2-3-5-15)22-21(27)14-10-19(25)24(12-14)16-6-7-17-18(11-16)29-9-8-28-17/h6-7,11,13-15H,2-5,8-10,12H2,1H3,(H,22,27)(H,23,26)/t13-,14?/m1/s1. The summed E-state index contributed by atoms with van der Waals surface area (Å²) in [6, 6.07) is 4.93. The Morgan fingerprint density at radius 1 is 1.14 bits per heavy atom. The van der Waals surface area contributed by atoms with E-state index in [2.05, 4.69) is 10.6 Å². The van der Waals surface area contributed by atoms with Gasteiger partial charge in [-0.1, -0.05) is 12.8 Å². The van der Waals surface area contributed by atoms with Crippen LogP contribution in [-0.2, 0) is 14.4 Å². The van der Waals surface area contributed by atoms with Crippen LogP contribution in [0.2, 0.25) is 0 Å². The maximum atomic E-state index is 12.6. The molecular formula is C21H27N3O5. The summed E-state index contributed by atoms with van der Waals surface area (Å²) in [6.45, 7) is 2.93. The number of rotatable bonds is 5. The van der Waals surface area contributed by atoms with E-state index >= 15 is 0 Å². The topological polar surface area (TPSA) is 97.0 Å². The molecule has 2 heterocycles. The number of nitrogens with zero attached hydrogens (tertiary/aromatic N) is 1. The Balaban J connectivity index is 1.34. The quantitative estimate of drug-likeness (QED) is 0.777. The Bertz CT molecular complexity index is 806. The van der Waals surface area contributed by atoms with Crippen molar-refractivity contribution in [1.82, 2.24) is 10.6 Å². The number of hydrogen-bond acceptors (Lipinski definition) is 5. The molecule has 2 N–H and O–H groups in total. The summed E-state index contributed by atoms with van der Waals surface area (Å²) in [5.41, 5.74) is 0.682. The van der Waals surface area contributed by atoms with Crippen molar-refractivity contribution < 1.29 is 23.9 Å². The predicted octanol–water partition coefficient (Wildman–Crippen LogP) is 1.37. The van der Waals surface area contributed by atoms with Crippen molar-refractivity contribution in [3.63, 3.8) is 0 Å². The summed E-state index contributed by atoms with van der Waals surface area (Å²) in [7, 11) is 0. The van der Waals surface area contributed by atoms with E-state index in [9.17, 15) is 14.4 Å². The van der Waals surface area contributed by atoms with Gasteiger partial charge in [-0.3, -0.25) is 14.4 Å². The molecule has 1 saturated heterocycles. The fraction of sp³-hybridized carbons (Fsp3) is 0.571. The van der Waals surface area contributed by atoms with E-state index in [0.717, 1.165) is 25.7 Å². The molecule has 1 aliphatic carbocycles. The number of anilines is 1. The van der Waals surface area contributed by atoms with Gasteiger partial charge in [0.2, 0.25) is 17.7 Å². The van der Waals surface area contributed by atoms with Crippen LogP contribution in [0.4, 0.5) is 5.69 Å². The van der Waals surface area contributed by atoms with Crippen molar-refractivity contribution in [3.05, 3.63) is 18.2 Å². The number of fused-ring (bicyclic) bond motifs is 1. The first-order valence-electron chi connectivity index (χ1n) is 10.3. The molecule has 0 aromatic heterocycles. The summed E-state index contributed by atoms with van der Waals surface area (Å²) in [6.07, 6.45) is 4.37. The summed E-state index contributed by atoms with van der Waals surface area (Å²) in [5.74, 6) is 0.211. The maximum absolute atomic E-state index is 12.6. The van der Waals surface area contributed by atoms with Crippen LogP contribution in [0.5, 0.6) is 11.5 Å². The number of carbonyl (C=O) groups excluding carboxylic acids is 3. The van der Waals surface area contributed by atoms with Crippen LogP contribution < -0.4 is 25.0 Å². The molecule has 0 bridgehead atoms. The van der Waals surface area contributed by atoms with Crippen molar-refractivity contribution in [3.8, 4) is 11.5 Å². The minimum Gasteiger partial charge on any atom is -0.486 e. The van der Waals surface area contributed by atoms with E-state index in [-0.39, 0.29) is 36.7 Å². The molecule has 4 rings (SSSR count). The highest BCUT2D eigenvalue weighted by molar-refractivity contribution is 6.01. The normalized spacial score (nSPS) is 22.4. The summed E-state index contributed by atoms with van der Waals surface area (Å²) < 4.78 is 11.1. The third-order valence-corrected chi connectivity index (χ3v) is 5.79. The zero-order valence-corrected chi connectivity index (χ0v) is 16.6. The minimum absolute atomic E-state index is 0.120. The van der Waals surface area contributed by atoms with Gasteiger partial charge in [0.1, 0.15) is 19.3 Å². The number of ether oxygens (including phenoxy) is 2. The van der Waals surface area contributed by atoms with Crippen molar-refractivity contribution in [1.29, 1.82) is 0 Å². The predicted molar refractivity (Wildman–Crippen MR) is 106 cm³/mol. The van der Waals surface area contributed by atoms with E-state index in [1.165, 1.54) is 0 Å². The second kappa shape index (κ2) is 8.31. The van der Waals surface area contributed by atoms with Gasteiger partial charge in [0.15, 0.2) is 11.5 Å². The van der Waals surface area contributed by atoms with E-state index in [1.807, 2.05) is 0 Å². The first-order chi connectivity index (χ1) is 14.0. The first-order valence-corrected chi connectivity index (χ1v) is 10.3. The average Bonchev–Trinajstić information content (AvgIpc) is 3.37. The molecule has 8 nitrogen and oxygen atoms in total. The Hall–Kier alpha value is -2.77. The molecule has 1 aromatic carbocycles. The zero-order chi connectivity index (χ0) is 20.4. The molecule has 1 saturated carbocycles. The van der Waals surface area contributed by atoms with Gasteiger partial charge in [0.25, 0.3) is 0 Å². The molecule has 156 valence electrons. The molecule has 1 unspecified atom stereocenters. The van der Waals surface area contributed by atoms with E-state index in [1.54, 1.807) is 30.0 Å². The van der Waals surface area contributed by atoms with Gasteiger partial charge in [-0.2, -0.15) is 0 Å². The van der Waals surface area contributed by atoms with Crippen LogP contribution in [0.1, 0.15) is 39.0 Å². The van der Waals surface area contributed by atoms with Gasteiger partial charge < -0.3 is 25.0 Å². The molecule has 2 aliphatic heterocycles. The van der Waals surface area contributed by atoms with Crippen LogP contribution in [0.15, 0.2) is 18.2 Å². The molecular weight excluding hydrogens is 374 g/mol. The van der Waals surface area contributed by atoms with Crippen LogP contribution in [0.25, 0.3) is 0 Å². The smallest absolute Gasteiger partial charge is 0.242 e. The zero-order valence-electron chi connectivity index (χ0n) is 16.6. The van der Waals surface area contributed by atoms with Crippen molar-refractivity contribution >= 4 is 23.4 Å². The van der Waals surface area contributed by atoms with Crippen LogP contribution in [0, 0.1) is 5.92 Å². The van der Waals surface area contributed by atoms with Gasteiger partial charge in [-0.05, 0) is 31.9 Å². The Morgan fingerprint density at radius 3 is 2.62 bits per heavy atom. The van der Waals surface area contributed by atoms with Crippen LogP contribution in [-0.4, -0.2) is 49.6 Å². The fourth-order valence-electron chi connectivity index (χ4n) is 4.13. The highest BCUT2D eigenvalue weighted by Gasteiger charge is 2.36. The largest absolute Gasteiger partial charge is 0.486 e. The Labute approximate surface area is 169 Å². The van der Waals surface area contributed by atoms with Crippen molar-refractivity contribution in [2.45, 2.75) is 51.1 Å². The van der Waals surface area contributed by atoms with Crippen LogP contribution >= 0.6 is 0 Å². The summed E-state index contributed by atoms with van der Waals surface area (Å²) in [4.78, 5) is 39.0.